The maximum absolute atomic E-state index is 10.5. The maximum Gasteiger partial charge on any atom is 0.287 e. The predicted octanol–water partition coefficient (Wildman–Crippen LogP) is 3.30. The summed E-state index contributed by atoms with van der Waals surface area (Å²) in [6.45, 7) is 0.686. The van der Waals surface area contributed by atoms with Crippen LogP contribution in [0.25, 0.3) is 0 Å². The fraction of sp³-hybridized carbons (Fsp3) is 0.154. The second-order valence-corrected chi connectivity index (χ2v) is 4.40. The minimum atomic E-state index is -0.469. The monoisotopic (exact) mass is 277 g/mol. The Kier molecular flexibility index (Phi) is 4.30. The summed E-state index contributed by atoms with van der Waals surface area (Å²) in [5.41, 5.74) is 1.11. The van der Waals surface area contributed by atoms with Gasteiger partial charge >= 0.3 is 0 Å². The van der Waals surface area contributed by atoms with Crippen LogP contribution in [-0.2, 0) is 6.42 Å². The summed E-state index contributed by atoms with van der Waals surface area (Å²) in [6, 6.07) is 10.7. The third kappa shape index (κ3) is 3.93. The zero-order chi connectivity index (χ0) is 13.7. The Balaban J connectivity index is 1.87. The van der Waals surface area contributed by atoms with E-state index in [1.54, 1.807) is 6.07 Å². The number of rotatable bonds is 5. The van der Waals surface area contributed by atoms with E-state index in [4.69, 9.17) is 11.6 Å². The highest BCUT2D eigenvalue weighted by Crippen LogP contribution is 2.13. The van der Waals surface area contributed by atoms with Crippen molar-refractivity contribution in [3.05, 3.63) is 63.3 Å². The lowest BCUT2D eigenvalue weighted by Gasteiger charge is -2.05. The summed E-state index contributed by atoms with van der Waals surface area (Å²) in [6.07, 6.45) is 2.04. The van der Waals surface area contributed by atoms with Crippen LogP contribution in [0.2, 0.25) is 5.02 Å². The number of aromatic nitrogens is 1. The van der Waals surface area contributed by atoms with E-state index in [9.17, 15) is 10.1 Å². The molecule has 2 rings (SSSR count). The molecule has 0 amide bonds. The minimum absolute atomic E-state index is 0.0135. The van der Waals surface area contributed by atoms with Gasteiger partial charge in [-0.15, -0.1) is 0 Å². The molecule has 0 atom stereocenters. The van der Waals surface area contributed by atoms with Crippen LogP contribution in [0.4, 0.5) is 11.5 Å². The normalized spacial score (nSPS) is 10.2. The molecule has 5 nitrogen and oxygen atoms in total. The first-order valence-electron chi connectivity index (χ1n) is 5.74. The van der Waals surface area contributed by atoms with E-state index >= 15 is 0 Å². The average Bonchev–Trinajstić information content (AvgIpc) is 2.39. The van der Waals surface area contributed by atoms with E-state index in [-0.39, 0.29) is 5.69 Å². The van der Waals surface area contributed by atoms with Crippen LogP contribution in [0, 0.1) is 10.1 Å². The number of anilines is 1. The van der Waals surface area contributed by atoms with Gasteiger partial charge in [0.2, 0.25) is 0 Å². The van der Waals surface area contributed by atoms with Gasteiger partial charge in [0.25, 0.3) is 5.69 Å². The van der Waals surface area contributed by atoms with E-state index in [0.29, 0.717) is 17.4 Å². The van der Waals surface area contributed by atoms with Crippen LogP contribution in [-0.4, -0.2) is 16.5 Å². The van der Waals surface area contributed by atoms with Gasteiger partial charge in [0.05, 0.1) is 4.92 Å². The Bertz CT molecular complexity index is 572. The Hall–Kier alpha value is -2.14. The standard InChI is InChI=1S/C13H12ClN3O2/c14-11-3-1-2-10(8-11)6-7-15-13-5-4-12(9-16-13)17(18)19/h1-5,8-9H,6-7H2,(H,15,16). The molecule has 0 unspecified atom stereocenters. The average molecular weight is 278 g/mol. The summed E-state index contributed by atoms with van der Waals surface area (Å²) in [4.78, 5) is 14.0. The fourth-order valence-corrected chi connectivity index (χ4v) is 1.84. The van der Waals surface area contributed by atoms with Gasteiger partial charge < -0.3 is 5.32 Å². The topological polar surface area (TPSA) is 68.1 Å². The van der Waals surface area contributed by atoms with Gasteiger partial charge in [-0.1, -0.05) is 23.7 Å². The number of nitrogens with zero attached hydrogens (tertiary/aromatic N) is 2. The van der Waals surface area contributed by atoms with Gasteiger partial charge in [-0.3, -0.25) is 10.1 Å². The van der Waals surface area contributed by atoms with Crippen molar-refractivity contribution in [3.8, 4) is 0 Å². The second-order valence-electron chi connectivity index (χ2n) is 3.97. The van der Waals surface area contributed by atoms with Gasteiger partial charge in [-0.05, 0) is 30.2 Å². The number of halogens is 1. The van der Waals surface area contributed by atoms with Crippen molar-refractivity contribution in [2.45, 2.75) is 6.42 Å². The zero-order valence-electron chi connectivity index (χ0n) is 10.0. The summed E-state index contributed by atoms with van der Waals surface area (Å²) >= 11 is 5.89. The number of hydrogen-bond donors (Lipinski definition) is 1. The van der Waals surface area contributed by atoms with Crippen molar-refractivity contribution in [1.29, 1.82) is 0 Å². The first kappa shape index (κ1) is 13.3. The van der Waals surface area contributed by atoms with Crippen LogP contribution in [0.5, 0.6) is 0 Å². The van der Waals surface area contributed by atoms with E-state index in [2.05, 4.69) is 10.3 Å². The number of pyridine rings is 1. The molecule has 0 aliphatic rings. The number of benzene rings is 1. The molecule has 1 aromatic carbocycles. The quantitative estimate of drug-likeness (QED) is 0.672. The van der Waals surface area contributed by atoms with Crippen LogP contribution < -0.4 is 5.32 Å². The summed E-state index contributed by atoms with van der Waals surface area (Å²) < 4.78 is 0. The Morgan fingerprint density at radius 1 is 1.32 bits per heavy atom. The molecule has 0 radical (unpaired) electrons. The lowest BCUT2D eigenvalue weighted by Crippen LogP contribution is -2.06. The number of nitrogens with one attached hydrogen (secondary N) is 1. The third-order valence-electron chi connectivity index (χ3n) is 2.57. The first-order valence-corrected chi connectivity index (χ1v) is 6.12. The Labute approximate surface area is 115 Å². The zero-order valence-corrected chi connectivity index (χ0v) is 10.8. The maximum atomic E-state index is 10.5. The largest absolute Gasteiger partial charge is 0.370 e. The van der Waals surface area contributed by atoms with Crippen molar-refractivity contribution in [3.63, 3.8) is 0 Å². The molecule has 2 aromatic rings. The van der Waals surface area contributed by atoms with E-state index < -0.39 is 4.92 Å². The molecule has 0 spiro atoms. The molecule has 1 aromatic heterocycles. The molecular weight excluding hydrogens is 266 g/mol. The molecule has 98 valence electrons. The molecule has 1 heterocycles. The molecule has 0 bridgehead atoms. The predicted molar refractivity (Wildman–Crippen MR) is 74.5 cm³/mol. The van der Waals surface area contributed by atoms with Crippen molar-refractivity contribution in [2.75, 3.05) is 11.9 Å². The van der Waals surface area contributed by atoms with Crippen LogP contribution in [0.1, 0.15) is 5.56 Å². The van der Waals surface area contributed by atoms with E-state index in [0.717, 1.165) is 12.0 Å². The van der Waals surface area contributed by atoms with Gasteiger partial charge in [-0.25, -0.2) is 4.98 Å². The highest BCUT2D eigenvalue weighted by Gasteiger charge is 2.04. The smallest absolute Gasteiger partial charge is 0.287 e. The fourth-order valence-electron chi connectivity index (χ4n) is 1.63. The van der Waals surface area contributed by atoms with Crippen LogP contribution in [0.3, 0.4) is 0 Å². The van der Waals surface area contributed by atoms with Gasteiger partial charge in [0.1, 0.15) is 12.0 Å². The SMILES string of the molecule is O=[N+]([O-])c1ccc(NCCc2cccc(Cl)c2)nc1. The molecule has 0 aliphatic carbocycles. The van der Waals surface area contributed by atoms with Gasteiger partial charge in [0.15, 0.2) is 0 Å². The Morgan fingerprint density at radius 3 is 2.79 bits per heavy atom. The molecule has 0 aliphatic heterocycles. The highest BCUT2D eigenvalue weighted by atomic mass is 35.5. The van der Waals surface area contributed by atoms with Gasteiger partial charge in [0, 0.05) is 17.6 Å². The third-order valence-corrected chi connectivity index (χ3v) is 2.80. The second kappa shape index (κ2) is 6.15. The van der Waals surface area contributed by atoms with Gasteiger partial charge in [-0.2, -0.15) is 0 Å². The lowest BCUT2D eigenvalue weighted by molar-refractivity contribution is -0.385. The summed E-state index contributed by atoms with van der Waals surface area (Å²) in [7, 11) is 0. The number of nitro groups is 1. The molecule has 19 heavy (non-hydrogen) atoms. The highest BCUT2D eigenvalue weighted by molar-refractivity contribution is 6.30. The van der Waals surface area contributed by atoms with Crippen molar-refractivity contribution in [1.82, 2.24) is 4.98 Å². The summed E-state index contributed by atoms with van der Waals surface area (Å²) in [5, 5.41) is 14.3. The molecule has 0 saturated heterocycles. The summed E-state index contributed by atoms with van der Waals surface area (Å²) in [5.74, 6) is 0.618. The molecule has 0 saturated carbocycles. The Morgan fingerprint density at radius 2 is 2.16 bits per heavy atom. The van der Waals surface area contributed by atoms with Crippen molar-refractivity contribution >= 4 is 23.1 Å². The van der Waals surface area contributed by atoms with Crippen molar-refractivity contribution < 1.29 is 4.92 Å². The van der Waals surface area contributed by atoms with Crippen LogP contribution in [0.15, 0.2) is 42.6 Å². The minimum Gasteiger partial charge on any atom is -0.370 e. The molecular formula is C13H12ClN3O2. The van der Waals surface area contributed by atoms with E-state index in [1.165, 1.54) is 12.3 Å². The molecule has 6 heteroatoms. The molecule has 0 fully saturated rings. The first-order chi connectivity index (χ1) is 9.15. The van der Waals surface area contributed by atoms with Crippen LogP contribution >= 0.6 is 11.6 Å². The lowest BCUT2D eigenvalue weighted by atomic mass is 10.1. The number of hydrogen-bond acceptors (Lipinski definition) is 4. The van der Waals surface area contributed by atoms with E-state index in [1.807, 2.05) is 24.3 Å². The molecule has 1 N–H and O–H groups in total. The van der Waals surface area contributed by atoms with Crippen molar-refractivity contribution in [2.24, 2.45) is 0 Å².